The summed E-state index contributed by atoms with van der Waals surface area (Å²) in [5, 5.41) is 24.9. The summed E-state index contributed by atoms with van der Waals surface area (Å²) in [5.74, 6) is -5.01. The second kappa shape index (κ2) is 12.9. The van der Waals surface area contributed by atoms with E-state index in [1.54, 1.807) is 36.4 Å². The molecule has 1 aliphatic carbocycles. The number of aromatic nitrogens is 6. The van der Waals surface area contributed by atoms with E-state index in [2.05, 4.69) is 41.0 Å². The van der Waals surface area contributed by atoms with E-state index in [-0.39, 0.29) is 62.7 Å². The minimum Gasteiger partial charge on any atom is -0.344 e. The van der Waals surface area contributed by atoms with Crippen molar-refractivity contribution < 1.29 is 27.2 Å². The highest BCUT2D eigenvalue weighted by Crippen LogP contribution is 2.43. The lowest BCUT2D eigenvalue weighted by molar-refractivity contribution is -0.116. The number of nitrogens with zero attached hydrogens (tertiary/aromatic N) is 8. The second-order valence-corrected chi connectivity index (χ2v) is 14.3. The van der Waals surface area contributed by atoms with E-state index in [1.165, 1.54) is 32.5 Å². The van der Waals surface area contributed by atoms with E-state index in [1.807, 2.05) is 0 Å². The molecular formula is C30H30F4N10O2S2. The van der Waals surface area contributed by atoms with Gasteiger partial charge in [0.05, 0.1) is 50.4 Å². The molecule has 2 aliphatic heterocycles. The lowest BCUT2D eigenvalue weighted by Gasteiger charge is -2.39. The van der Waals surface area contributed by atoms with Gasteiger partial charge in [-0.25, -0.2) is 27.5 Å². The number of hydrogen-bond acceptors (Lipinski definition) is 12. The molecule has 0 bridgehead atoms. The summed E-state index contributed by atoms with van der Waals surface area (Å²) < 4.78 is 53.0. The van der Waals surface area contributed by atoms with E-state index in [0.29, 0.717) is 33.3 Å². The molecule has 18 heteroatoms. The Balaban J connectivity index is 0.899. The molecule has 12 nitrogen and oxygen atoms in total. The van der Waals surface area contributed by atoms with Crippen LogP contribution in [0.15, 0.2) is 36.4 Å². The van der Waals surface area contributed by atoms with Gasteiger partial charge in [0.25, 0.3) is 11.8 Å². The quantitative estimate of drug-likeness (QED) is 0.219. The van der Waals surface area contributed by atoms with Crippen LogP contribution in [0.5, 0.6) is 0 Å². The van der Waals surface area contributed by atoms with Gasteiger partial charge in [0.2, 0.25) is 22.1 Å². The van der Waals surface area contributed by atoms with Crippen LogP contribution in [-0.2, 0) is 22.4 Å². The molecule has 4 aromatic rings. The molecule has 4 aromatic heterocycles. The molecule has 2 saturated heterocycles. The minimum atomic E-state index is -2.71. The number of carbonyl (C=O) groups is 2. The summed E-state index contributed by atoms with van der Waals surface area (Å²) in [7, 11) is 0. The molecule has 1 saturated carbocycles. The van der Waals surface area contributed by atoms with Crippen molar-refractivity contribution >= 4 is 56.4 Å². The van der Waals surface area contributed by atoms with E-state index in [0.717, 1.165) is 35.7 Å². The molecule has 3 aliphatic rings. The number of hydrogen-bond donors (Lipinski definition) is 2. The number of rotatable bonds is 10. The Bertz CT molecular complexity index is 1680. The fourth-order valence-corrected chi connectivity index (χ4v) is 7.84. The van der Waals surface area contributed by atoms with Gasteiger partial charge in [-0.15, -0.1) is 20.4 Å². The normalized spacial score (nSPS) is 21.2. The molecule has 252 valence electrons. The molecule has 0 radical (unpaired) electrons. The van der Waals surface area contributed by atoms with Crippen LogP contribution in [0.2, 0.25) is 0 Å². The molecule has 2 amide bonds. The fourth-order valence-electron chi connectivity index (χ4n) is 6.03. The third-order valence-electron chi connectivity index (χ3n) is 8.35. The highest BCUT2D eigenvalue weighted by Gasteiger charge is 2.45. The van der Waals surface area contributed by atoms with Crippen molar-refractivity contribution in [2.24, 2.45) is 0 Å². The number of pyridine rings is 2. The standard InChI is InChI=1S/C30H30F4N10O2S2/c31-29(32)13-43(14-29)21-8-2-6-19(35-21)11-23(45)37-27-41-39-25(47-27)17-4-1-5-18(10-17)26-40-42-28(48-26)38-24(46)12-20-7-3-9-22(36-20)44-15-30(33,34)16-44/h2-3,6-9,17-18H,1,4-5,10-16H2,(H,37,41,45)(H,38,42,46)/t17-,18-/m0/s1. The lowest BCUT2D eigenvalue weighted by Crippen LogP contribution is -2.56. The van der Waals surface area contributed by atoms with Crippen molar-refractivity contribution in [1.82, 2.24) is 30.4 Å². The van der Waals surface area contributed by atoms with Gasteiger partial charge in [-0.05, 0) is 43.5 Å². The Hall–Kier alpha value is -4.32. The van der Waals surface area contributed by atoms with E-state index < -0.39 is 11.8 Å². The van der Waals surface area contributed by atoms with E-state index in [4.69, 9.17) is 0 Å². The second-order valence-electron chi connectivity index (χ2n) is 12.3. The van der Waals surface area contributed by atoms with Crippen LogP contribution < -0.4 is 20.4 Å². The predicted molar refractivity (Wildman–Crippen MR) is 171 cm³/mol. The van der Waals surface area contributed by atoms with E-state index in [9.17, 15) is 27.2 Å². The molecule has 48 heavy (non-hydrogen) atoms. The Morgan fingerprint density at radius 3 is 1.56 bits per heavy atom. The maximum Gasteiger partial charge on any atom is 0.282 e. The third-order valence-corrected chi connectivity index (χ3v) is 10.4. The number of anilines is 4. The van der Waals surface area contributed by atoms with Gasteiger partial charge < -0.3 is 20.4 Å². The van der Waals surface area contributed by atoms with Gasteiger partial charge in [0, 0.05) is 11.8 Å². The summed E-state index contributed by atoms with van der Waals surface area (Å²) in [6, 6.07) is 10.0. The van der Waals surface area contributed by atoms with Crippen molar-refractivity contribution in [1.29, 1.82) is 0 Å². The first-order chi connectivity index (χ1) is 23.0. The lowest BCUT2D eigenvalue weighted by atomic mass is 9.82. The van der Waals surface area contributed by atoms with Crippen LogP contribution in [0.4, 0.5) is 39.5 Å². The molecule has 7 rings (SSSR count). The SMILES string of the molecule is O=C(Cc1cccc(N2CC(F)(F)C2)n1)Nc1nnc([C@H]2CCC[C@H](c3nnc(NC(=O)Cc4cccc(N5CC(F)(F)C5)n4)s3)C2)s1. The van der Waals surface area contributed by atoms with Gasteiger partial charge >= 0.3 is 0 Å². The Morgan fingerprint density at radius 1 is 0.708 bits per heavy atom. The molecule has 6 heterocycles. The zero-order valence-electron chi connectivity index (χ0n) is 25.4. The van der Waals surface area contributed by atoms with Crippen LogP contribution in [0.3, 0.4) is 0 Å². The van der Waals surface area contributed by atoms with Gasteiger partial charge in [-0.1, -0.05) is 41.2 Å². The topological polar surface area (TPSA) is 142 Å². The fraction of sp³-hybridized carbons (Fsp3) is 0.467. The maximum atomic E-state index is 13.2. The summed E-state index contributed by atoms with van der Waals surface area (Å²) in [6.45, 7) is -1.54. The van der Waals surface area contributed by atoms with Crippen molar-refractivity contribution in [3.05, 3.63) is 57.8 Å². The van der Waals surface area contributed by atoms with Crippen LogP contribution in [0.1, 0.15) is 58.9 Å². The Labute approximate surface area is 280 Å². The molecule has 0 spiro atoms. The molecule has 2 N–H and O–H groups in total. The van der Waals surface area contributed by atoms with Gasteiger partial charge in [-0.2, -0.15) is 0 Å². The van der Waals surface area contributed by atoms with Crippen molar-refractivity contribution in [3.63, 3.8) is 0 Å². The summed E-state index contributed by atoms with van der Waals surface area (Å²) in [5.41, 5.74) is 0.936. The third kappa shape index (κ3) is 7.53. The first-order valence-corrected chi connectivity index (χ1v) is 17.0. The number of nitrogens with one attached hydrogen (secondary N) is 2. The summed E-state index contributed by atoms with van der Waals surface area (Å²) in [4.78, 5) is 37.1. The average molecular weight is 703 g/mol. The van der Waals surface area contributed by atoms with Crippen molar-refractivity contribution in [2.75, 3.05) is 46.6 Å². The zero-order valence-corrected chi connectivity index (χ0v) is 27.0. The number of amides is 2. The van der Waals surface area contributed by atoms with Gasteiger partial charge in [0.1, 0.15) is 21.7 Å². The van der Waals surface area contributed by atoms with Crippen LogP contribution >= 0.6 is 22.7 Å². The molecule has 3 fully saturated rings. The smallest absolute Gasteiger partial charge is 0.282 e. The van der Waals surface area contributed by atoms with Crippen LogP contribution in [-0.4, -0.2) is 80.2 Å². The molecular weight excluding hydrogens is 673 g/mol. The van der Waals surface area contributed by atoms with Gasteiger partial charge in [0.15, 0.2) is 0 Å². The molecule has 0 unspecified atom stereocenters. The predicted octanol–water partition coefficient (Wildman–Crippen LogP) is 4.89. The highest BCUT2D eigenvalue weighted by molar-refractivity contribution is 7.15. The Morgan fingerprint density at radius 2 is 1.15 bits per heavy atom. The van der Waals surface area contributed by atoms with Crippen LogP contribution in [0, 0.1) is 0 Å². The average Bonchev–Trinajstić information content (AvgIpc) is 3.69. The Kier molecular flexibility index (Phi) is 8.69. The number of carbonyl (C=O) groups excluding carboxylic acids is 2. The van der Waals surface area contributed by atoms with Crippen molar-refractivity contribution in [2.45, 2.75) is 62.2 Å². The first-order valence-electron chi connectivity index (χ1n) is 15.4. The number of alkyl halides is 4. The first kappa shape index (κ1) is 32.2. The summed E-state index contributed by atoms with van der Waals surface area (Å²) >= 11 is 2.63. The van der Waals surface area contributed by atoms with Gasteiger partial charge in [-0.3, -0.25) is 9.59 Å². The largest absolute Gasteiger partial charge is 0.344 e. The summed E-state index contributed by atoms with van der Waals surface area (Å²) in [6.07, 6.45) is 3.47. The minimum absolute atomic E-state index is 0.0304. The zero-order chi connectivity index (χ0) is 33.5. The molecule has 2 atom stereocenters. The van der Waals surface area contributed by atoms with E-state index >= 15 is 0 Å². The monoisotopic (exact) mass is 702 g/mol. The maximum absolute atomic E-state index is 13.2. The number of halogens is 4. The van der Waals surface area contributed by atoms with Crippen molar-refractivity contribution in [3.8, 4) is 0 Å². The molecule has 0 aromatic carbocycles. The highest BCUT2D eigenvalue weighted by atomic mass is 32.1. The van der Waals surface area contributed by atoms with Crippen LogP contribution in [0.25, 0.3) is 0 Å².